The van der Waals surface area contributed by atoms with Crippen molar-refractivity contribution in [1.82, 2.24) is 4.98 Å². The third kappa shape index (κ3) is 2.19. The minimum atomic E-state index is -1.29. The van der Waals surface area contributed by atoms with Gasteiger partial charge in [-0.05, 0) is 12.1 Å². The molecule has 3 N–H and O–H groups in total. The molecule has 5 heteroatoms. The minimum Gasteiger partial charge on any atom is -0.478 e. The van der Waals surface area contributed by atoms with Crippen LogP contribution in [-0.4, -0.2) is 27.1 Å². The molecular weight excluding hydrogens is 174 g/mol. The van der Waals surface area contributed by atoms with Crippen LogP contribution in [0, 0.1) is 0 Å². The minimum absolute atomic E-state index is 0.266. The van der Waals surface area contributed by atoms with Gasteiger partial charge in [0.15, 0.2) is 0 Å². The molecule has 1 rings (SSSR count). The van der Waals surface area contributed by atoms with Crippen LogP contribution in [0.5, 0.6) is 0 Å². The highest BCUT2D eigenvalue weighted by Gasteiger charge is 2.12. The first-order valence-electron chi connectivity index (χ1n) is 3.43. The Bertz CT molecular complexity index is 350. The SMILES string of the molecule is O=C(O)/C=C(/C(=O)O)c1ccc[nH]1. The molecule has 0 saturated heterocycles. The standard InChI is InChI=1S/C8H7NO4/c10-7(11)4-5(8(12)13)6-2-1-3-9-6/h1-4,9H,(H,10,11)(H,12,13)/b5-4+. The van der Waals surface area contributed by atoms with Crippen LogP contribution in [0.1, 0.15) is 5.69 Å². The molecular formula is C8H7NO4. The Morgan fingerprint density at radius 3 is 2.46 bits per heavy atom. The molecule has 0 amide bonds. The number of nitrogens with one attached hydrogen (secondary N) is 1. The lowest BCUT2D eigenvalue weighted by Gasteiger charge is -1.96. The Balaban J connectivity index is 3.08. The summed E-state index contributed by atoms with van der Waals surface area (Å²) in [4.78, 5) is 23.4. The van der Waals surface area contributed by atoms with E-state index in [1.165, 1.54) is 12.3 Å². The molecule has 5 nitrogen and oxygen atoms in total. The van der Waals surface area contributed by atoms with Crippen molar-refractivity contribution in [3.05, 3.63) is 30.1 Å². The van der Waals surface area contributed by atoms with Crippen molar-refractivity contribution < 1.29 is 19.8 Å². The van der Waals surface area contributed by atoms with E-state index in [0.717, 1.165) is 0 Å². The highest BCUT2D eigenvalue weighted by atomic mass is 16.4. The van der Waals surface area contributed by atoms with Crippen LogP contribution in [0.25, 0.3) is 5.57 Å². The fourth-order valence-electron chi connectivity index (χ4n) is 0.876. The average Bonchev–Trinajstić information content (AvgIpc) is 2.50. The van der Waals surface area contributed by atoms with Gasteiger partial charge in [0.2, 0.25) is 0 Å². The van der Waals surface area contributed by atoms with Crippen molar-refractivity contribution in [1.29, 1.82) is 0 Å². The summed E-state index contributed by atoms with van der Waals surface area (Å²) in [6.45, 7) is 0. The Morgan fingerprint density at radius 1 is 1.38 bits per heavy atom. The Kier molecular flexibility index (Phi) is 2.49. The zero-order valence-electron chi connectivity index (χ0n) is 6.52. The van der Waals surface area contributed by atoms with Gasteiger partial charge >= 0.3 is 11.9 Å². The number of H-pyrrole nitrogens is 1. The van der Waals surface area contributed by atoms with Crippen molar-refractivity contribution in [3.8, 4) is 0 Å². The fraction of sp³-hybridized carbons (Fsp3) is 0. The van der Waals surface area contributed by atoms with E-state index in [-0.39, 0.29) is 11.3 Å². The Morgan fingerprint density at radius 2 is 2.08 bits per heavy atom. The molecule has 1 aromatic heterocycles. The lowest BCUT2D eigenvalue weighted by molar-refractivity contribution is -0.133. The number of carboxylic acid groups (broad SMARTS) is 2. The summed E-state index contributed by atoms with van der Waals surface area (Å²) in [6.07, 6.45) is 2.17. The zero-order chi connectivity index (χ0) is 9.84. The average molecular weight is 181 g/mol. The summed E-state index contributed by atoms with van der Waals surface area (Å²) >= 11 is 0. The maximum absolute atomic E-state index is 10.6. The normalized spacial score (nSPS) is 11.2. The summed E-state index contributed by atoms with van der Waals surface area (Å²) in [5.74, 6) is -2.56. The topological polar surface area (TPSA) is 90.4 Å². The second kappa shape index (κ2) is 3.57. The van der Waals surface area contributed by atoms with Crippen LogP contribution >= 0.6 is 0 Å². The molecule has 0 spiro atoms. The highest BCUT2D eigenvalue weighted by Crippen LogP contribution is 2.11. The number of aliphatic carboxylic acids is 2. The van der Waals surface area contributed by atoms with Crippen molar-refractivity contribution >= 4 is 17.5 Å². The molecule has 0 aliphatic carbocycles. The lowest BCUT2D eigenvalue weighted by atomic mass is 10.2. The molecule has 0 fully saturated rings. The van der Waals surface area contributed by atoms with Crippen molar-refractivity contribution in [2.45, 2.75) is 0 Å². The van der Waals surface area contributed by atoms with E-state index in [0.29, 0.717) is 6.08 Å². The summed E-state index contributed by atoms with van der Waals surface area (Å²) in [7, 11) is 0. The predicted octanol–water partition coefficient (Wildman–Crippen LogP) is 0.567. The monoisotopic (exact) mass is 181 g/mol. The van der Waals surface area contributed by atoms with E-state index in [9.17, 15) is 9.59 Å². The van der Waals surface area contributed by atoms with E-state index in [1.807, 2.05) is 0 Å². The molecule has 0 bridgehead atoms. The van der Waals surface area contributed by atoms with Gasteiger partial charge in [-0.25, -0.2) is 9.59 Å². The first kappa shape index (κ1) is 9.05. The molecule has 0 unspecified atom stereocenters. The summed E-state index contributed by atoms with van der Waals surface area (Å²) in [6, 6.07) is 3.08. The number of aromatic amines is 1. The van der Waals surface area contributed by atoms with Gasteiger partial charge in [0.1, 0.15) is 0 Å². The molecule has 0 aliphatic heterocycles. The van der Waals surface area contributed by atoms with Crippen LogP contribution in [-0.2, 0) is 9.59 Å². The van der Waals surface area contributed by atoms with Gasteiger partial charge in [-0.1, -0.05) is 0 Å². The van der Waals surface area contributed by atoms with Gasteiger partial charge in [-0.15, -0.1) is 0 Å². The van der Waals surface area contributed by atoms with Crippen LogP contribution < -0.4 is 0 Å². The van der Waals surface area contributed by atoms with Gasteiger partial charge in [-0.3, -0.25) is 0 Å². The third-order valence-corrected chi connectivity index (χ3v) is 1.39. The third-order valence-electron chi connectivity index (χ3n) is 1.39. The molecule has 0 aromatic carbocycles. The molecule has 0 radical (unpaired) electrons. The van der Waals surface area contributed by atoms with E-state index in [2.05, 4.69) is 4.98 Å². The van der Waals surface area contributed by atoms with E-state index in [4.69, 9.17) is 10.2 Å². The van der Waals surface area contributed by atoms with Crippen LogP contribution in [0.4, 0.5) is 0 Å². The Labute approximate surface area is 73.3 Å². The number of carbonyl (C=O) groups is 2. The first-order chi connectivity index (χ1) is 6.11. The number of rotatable bonds is 3. The molecule has 68 valence electrons. The van der Waals surface area contributed by atoms with Gasteiger partial charge in [-0.2, -0.15) is 0 Å². The van der Waals surface area contributed by atoms with E-state index < -0.39 is 11.9 Å². The lowest BCUT2D eigenvalue weighted by Crippen LogP contribution is -2.03. The molecule has 1 aromatic rings. The number of carboxylic acids is 2. The summed E-state index contributed by atoms with van der Waals surface area (Å²) in [5, 5.41) is 17.0. The van der Waals surface area contributed by atoms with Crippen LogP contribution in [0.2, 0.25) is 0 Å². The van der Waals surface area contributed by atoms with Gasteiger partial charge < -0.3 is 15.2 Å². The van der Waals surface area contributed by atoms with E-state index in [1.54, 1.807) is 6.07 Å². The van der Waals surface area contributed by atoms with Gasteiger partial charge in [0, 0.05) is 12.3 Å². The molecule has 1 heterocycles. The predicted molar refractivity (Wildman–Crippen MR) is 44.0 cm³/mol. The highest BCUT2D eigenvalue weighted by molar-refractivity contribution is 6.18. The van der Waals surface area contributed by atoms with Crippen molar-refractivity contribution in [2.75, 3.05) is 0 Å². The largest absolute Gasteiger partial charge is 0.478 e. The van der Waals surface area contributed by atoms with Crippen LogP contribution in [0.3, 0.4) is 0 Å². The van der Waals surface area contributed by atoms with E-state index >= 15 is 0 Å². The number of aromatic nitrogens is 1. The van der Waals surface area contributed by atoms with Crippen LogP contribution in [0.15, 0.2) is 24.4 Å². The Hall–Kier alpha value is -2.04. The molecule has 13 heavy (non-hydrogen) atoms. The number of hydrogen-bond acceptors (Lipinski definition) is 2. The summed E-state index contributed by atoms with van der Waals surface area (Å²) < 4.78 is 0. The second-order valence-electron chi connectivity index (χ2n) is 2.29. The van der Waals surface area contributed by atoms with Gasteiger partial charge in [0.05, 0.1) is 11.3 Å². The zero-order valence-corrected chi connectivity index (χ0v) is 6.52. The summed E-state index contributed by atoms with van der Waals surface area (Å²) in [5.41, 5.74) is 0.00685. The first-order valence-corrected chi connectivity index (χ1v) is 3.43. The smallest absolute Gasteiger partial charge is 0.338 e. The fourth-order valence-corrected chi connectivity index (χ4v) is 0.876. The van der Waals surface area contributed by atoms with Gasteiger partial charge in [0.25, 0.3) is 0 Å². The maximum atomic E-state index is 10.6. The molecule has 0 atom stereocenters. The maximum Gasteiger partial charge on any atom is 0.338 e. The molecule has 0 saturated carbocycles. The molecule has 0 aliphatic rings. The second-order valence-corrected chi connectivity index (χ2v) is 2.29. The number of hydrogen-bond donors (Lipinski definition) is 3. The quantitative estimate of drug-likeness (QED) is 0.594. The van der Waals surface area contributed by atoms with Crippen molar-refractivity contribution in [3.63, 3.8) is 0 Å². The van der Waals surface area contributed by atoms with Crippen molar-refractivity contribution in [2.24, 2.45) is 0 Å².